The highest BCUT2D eigenvalue weighted by atomic mass is 32.1. The normalized spacial score (nSPS) is 13.9. The summed E-state index contributed by atoms with van der Waals surface area (Å²) < 4.78 is 16.5. The smallest absolute Gasteiger partial charge is 0.324 e. The molecule has 220 valence electrons. The summed E-state index contributed by atoms with van der Waals surface area (Å²) in [5.41, 5.74) is 1.83. The summed E-state index contributed by atoms with van der Waals surface area (Å²) >= 11 is 1.36. The van der Waals surface area contributed by atoms with Crippen molar-refractivity contribution in [2.24, 2.45) is 0 Å². The predicted octanol–water partition coefficient (Wildman–Crippen LogP) is 5.70. The maximum Gasteiger partial charge on any atom is 0.324 e. The van der Waals surface area contributed by atoms with Crippen molar-refractivity contribution in [1.82, 2.24) is 15.0 Å². The number of amides is 3. The van der Waals surface area contributed by atoms with Crippen LogP contribution in [0.25, 0.3) is 10.4 Å². The zero-order valence-electron chi connectivity index (χ0n) is 23.8. The van der Waals surface area contributed by atoms with Gasteiger partial charge in [-0.25, -0.2) is 9.78 Å². The molecule has 1 aliphatic rings. The van der Waals surface area contributed by atoms with Crippen molar-refractivity contribution in [1.29, 1.82) is 0 Å². The van der Waals surface area contributed by atoms with Crippen molar-refractivity contribution in [3.63, 3.8) is 0 Å². The van der Waals surface area contributed by atoms with Crippen LogP contribution in [0.2, 0.25) is 0 Å². The van der Waals surface area contributed by atoms with Crippen LogP contribution in [0.15, 0.2) is 65.3 Å². The lowest BCUT2D eigenvalue weighted by molar-refractivity contribution is 0.0322. The number of nitrogens with one attached hydrogen (secondary N) is 3. The number of carbonyl (C=O) groups excluding carboxylic acids is 2. The third-order valence-electron chi connectivity index (χ3n) is 6.54. The number of carbonyl (C=O) groups is 2. The molecular weight excluding hydrogens is 556 g/mol. The van der Waals surface area contributed by atoms with Gasteiger partial charge in [-0.3, -0.25) is 20.3 Å². The Labute approximate surface area is 248 Å². The molecule has 0 unspecified atom stereocenters. The monoisotopic (exact) mass is 590 g/mol. The van der Waals surface area contributed by atoms with Gasteiger partial charge in [0.1, 0.15) is 18.1 Å². The van der Waals surface area contributed by atoms with Gasteiger partial charge in [0.05, 0.1) is 18.1 Å². The van der Waals surface area contributed by atoms with Gasteiger partial charge in [-0.2, -0.15) is 0 Å². The molecule has 1 saturated heterocycles. The van der Waals surface area contributed by atoms with Gasteiger partial charge in [-0.05, 0) is 42.0 Å². The van der Waals surface area contributed by atoms with Gasteiger partial charge < -0.3 is 19.3 Å². The molecule has 1 fully saturated rings. The van der Waals surface area contributed by atoms with Crippen LogP contribution in [-0.4, -0.2) is 66.4 Å². The number of rotatable bonds is 9. The summed E-state index contributed by atoms with van der Waals surface area (Å²) in [6.45, 7) is 10.8. The summed E-state index contributed by atoms with van der Waals surface area (Å²) in [7, 11) is 0. The van der Waals surface area contributed by atoms with E-state index in [-0.39, 0.29) is 11.3 Å². The molecule has 0 spiro atoms. The van der Waals surface area contributed by atoms with E-state index in [1.165, 1.54) is 11.3 Å². The van der Waals surface area contributed by atoms with E-state index < -0.39 is 6.03 Å². The molecule has 1 aliphatic heterocycles. The first kappa shape index (κ1) is 29.2. The first-order chi connectivity index (χ1) is 20.2. The SMILES string of the molecule is CC(C)(C)c1cc(NC(=O)Nc2ccc(-c3cnc(NC(=O)c4ccc(OCCN5CCOCC5)cc4)s3)cc2)no1. The van der Waals surface area contributed by atoms with Crippen LogP contribution in [0.5, 0.6) is 5.75 Å². The third-order valence-corrected chi connectivity index (χ3v) is 7.50. The van der Waals surface area contributed by atoms with Crippen LogP contribution >= 0.6 is 11.3 Å². The summed E-state index contributed by atoms with van der Waals surface area (Å²) in [6, 6.07) is 15.7. The maximum absolute atomic E-state index is 12.8. The first-order valence-corrected chi connectivity index (χ1v) is 14.5. The maximum atomic E-state index is 12.8. The molecule has 5 rings (SSSR count). The second kappa shape index (κ2) is 13.1. The minimum atomic E-state index is -0.424. The lowest BCUT2D eigenvalue weighted by Crippen LogP contribution is -2.38. The zero-order valence-corrected chi connectivity index (χ0v) is 24.6. The van der Waals surface area contributed by atoms with Crippen molar-refractivity contribution in [3.05, 3.63) is 72.1 Å². The molecule has 0 bridgehead atoms. The number of ether oxygens (including phenoxy) is 2. The van der Waals surface area contributed by atoms with E-state index in [0.717, 1.165) is 49.0 Å². The Morgan fingerprint density at radius 1 is 1.00 bits per heavy atom. The predicted molar refractivity (Wildman–Crippen MR) is 163 cm³/mol. The number of nitrogens with zero attached hydrogens (tertiary/aromatic N) is 3. The molecule has 0 saturated carbocycles. The van der Waals surface area contributed by atoms with E-state index in [1.807, 2.05) is 32.9 Å². The highest BCUT2D eigenvalue weighted by molar-refractivity contribution is 7.19. The van der Waals surface area contributed by atoms with Crippen molar-refractivity contribution >= 4 is 39.9 Å². The Morgan fingerprint density at radius 3 is 2.43 bits per heavy atom. The Hall–Kier alpha value is -4.26. The highest BCUT2D eigenvalue weighted by Crippen LogP contribution is 2.30. The fraction of sp³-hybridized carbons (Fsp3) is 0.333. The molecule has 3 amide bonds. The van der Waals surface area contributed by atoms with Gasteiger partial charge >= 0.3 is 6.03 Å². The molecule has 2 aromatic heterocycles. The largest absolute Gasteiger partial charge is 0.492 e. The molecule has 4 aromatic rings. The molecule has 0 radical (unpaired) electrons. The van der Waals surface area contributed by atoms with Crippen LogP contribution in [0.1, 0.15) is 36.9 Å². The van der Waals surface area contributed by atoms with E-state index in [2.05, 4.69) is 31.0 Å². The second-order valence-corrected chi connectivity index (χ2v) is 11.8. The molecule has 0 atom stereocenters. The average molecular weight is 591 g/mol. The van der Waals surface area contributed by atoms with E-state index in [4.69, 9.17) is 14.0 Å². The minimum Gasteiger partial charge on any atom is -0.492 e. The van der Waals surface area contributed by atoms with E-state index in [0.29, 0.717) is 34.6 Å². The topological polar surface area (TPSA) is 131 Å². The molecule has 3 heterocycles. The number of anilines is 3. The Balaban J connectivity index is 1.09. The van der Waals surface area contributed by atoms with Gasteiger partial charge in [0, 0.05) is 48.6 Å². The number of hydrogen-bond donors (Lipinski definition) is 3. The van der Waals surface area contributed by atoms with Crippen LogP contribution in [-0.2, 0) is 10.2 Å². The molecule has 2 aromatic carbocycles. The fourth-order valence-electron chi connectivity index (χ4n) is 4.14. The standard InChI is InChI=1S/C30H34N6O5S/c1-30(2,3)25-18-26(35-41-25)33-28(38)32-22-8-4-20(5-9-22)24-19-31-29(42-24)34-27(37)21-6-10-23(11-7-21)40-17-14-36-12-15-39-16-13-36/h4-11,18-19H,12-17H2,1-3H3,(H,31,34,37)(H2,32,33,35,38). The Morgan fingerprint density at radius 2 is 1.74 bits per heavy atom. The van der Waals surface area contributed by atoms with Gasteiger partial charge in [0.25, 0.3) is 5.91 Å². The number of morpholine rings is 1. The molecule has 42 heavy (non-hydrogen) atoms. The highest BCUT2D eigenvalue weighted by Gasteiger charge is 2.20. The lowest BCUT2D eigenvalue weighted by atomic mass is 9.93. The molecule has 12 heteroatoms. The van der Waals surface area contributed by atoms with Crippen molar-refractivity contribution in [2.45, 2.75) is 26.2 Å². The summed E-state index contributed by atoms with van der Waals surface area (Å²) in [6.07, 6.45) is 1.71. The molecule has 0 aliphatic carbocycles. The number of urea groups is 1. The van der Waals surface area contributed by atoms with Crippen molar-refractivity contribution in [2.75, 3.05) is 55.4 Å². The molecule has 3 N–H and O–H groups in total. The van der Waals surface area contributed by atoms with Crippen LogP contribution in [0.3, 0.4) is 0 Å². The van der Waals surface area contributed by atoms with Crippen molar-refractivity contribution < 1.29 is 23.6 Å². The van der Waals surface area contributed by atoms with E-state index in [1.54, 1.807) is 48.7 Å². The molecule has 11 nitrogen and oxygen atoms in total. The average Bonchev–Trinajstić information content (AvgIpc) is 3.64. The molecular formula is C30H34N6O5S. The second-order valence-electron chi connectivity index (χ2n) is 10.8. The number of aromatic nitrogens is 2. The van der Waals surface area contributed by atoms with Gasteiger partial charge in [0.2, 0.25) is 0 Å². The number of benzene rings is 2. The van der Waals surface area contributed by atoms with E-state index in [9.17, 15) is 9.59 Å². The fourth-order valence-corrected chi connectivity index (χ4v) is 4.96. The first-order valence-electron chi connectivity index (χ1n) is 13.7. The van der Waals surface area contributed by atoms with E-state index >= 15 is 0 Å². The summed E-state index contributed by atoms with van der Waals surface area (Å²) in [5.74, 6) is 1.50. The van der Waals surface area contributed by atoms with Crippen LogP contribution in [0, 0.1) is 0 Å². The Kier molecular flexibility index (Phi) is 9.15. The zero-order chi connectivity index (χ0) is 29.5. The van der Waals surface area contributed by atoms with Gasteiger partial charge in [-0.15, -0.1) is 0 Å². The quantitative estimate of drug-likeness (QED) is 0.226. The minimum absolute atomic E-state index is 0.206. The van der Waals surface area contributed by atoms with Crippen LogP contribution in [0.4, 0.5) is 21.4 Å². The Bertz CT molecular complexity index is 1490. The lowest BCUT2D eigenvalue weighted by Gasteiger charge is -2.26. The van der Waals surface area contributed by atoms with Crippen LogP contribution < -0.4 is 20.7 Å². The third kappa shape index (κ3) is 7.93. The van der Waals surface area contributed by atoms with Gasteiger partial charge in [0.15, 0.2) is 10.9 Å². The summed E-state index contributed by atoms with van der Waals surface area (Å²) in [4.78, 5) is 32.7. The van der Waals surface area contributed by atoms with Crippen molar-refractivity contribution in [3.8, 4) is 16.2 Å². The summed E-state index contributed by atoms with van der Waals surface area (Å²) in [5, 5.41) is 12.7. The number of hydrogen-bond acceptors (Lipinski definition) is 9. The van der Waals surface area contributed by atoms with Gasteiger partial charge in [-0.1, -0.05) is 49.4 Å². The number of thiazole rings is 1.